The summed E-state index contributed by atoms with van der Waals surface area (Å²) >= 11 is 9.30. The van der Waals surface area contributed by atoms with Crippen LogP contribution in [-0.2, 0) is 4.79 Å². The molecular weight excluding hydrogens is 360 g/mol. The molecule has 0 radical (unpaired) electrons. The molecule has 2 rings (SSSR count). The van der Waals surface area contributed by atoms with Crippen LogP contribution >= 0.6 is 27.5 Å². The Balaban J connectivity index is 2.42. The fraction of sp³-hybridized carbons (Fsp3) is 0.0667. The first-order valence-electron chi connectivity index (χ1n) is 5.92. The zero-order chi connectivity index (χ0) is 15.4. The van der Waals surface area contributed by atoms with Crippen molar-refractivity contribution < 1.29 is 19.4 Å². The molecule has 108 valence electrons. The third-order valence-electron chi connectivity index (χ3n) is 2.66. The second kappa shape index (κ2) is 6.74. The van der Waals surface area contributed by atoms with Crippen LogP contribution in [0.1, 0.15) is 15.9 Å². The van der Waals surface area contributed by atoms with Crippen LogP contribution in [0.25, 0.3) is 0 Å². The van der Waals surface area contributed by atoms with Crippen molar-refractivity contribution in [1.82, 2.24) is 0 Å². The van der Waals surface area contributed by atoms with E-state index >= 15 is 0 Å². The van der Waals surface area contributed by atoms with Crippen molar-refractivity contribution in [3.63, 3.8) is 0 Å². The Kier molecular flexibility index (Phi) is 4.98. The molecule has 0 saturated carbocycles. The lowest BCUT2D eigenvalue weighted by Gasteiger charge is -2.10. The number of carboxylic acid groups (broad SMARTS) is 1. The molecule has 0 saturated heterocycles. The number of ketones is 1. The first-order chi connectivity index (χ1) is 9.99. The predicted molar refractivity (Wildman–Crippen MR) is 82.2 cm³/mol. The number of carbonyl (C=O) groups is 2. The second-order valence-electron chi connectivity index (χ2n) is 4.13. The van der Waals surface area contributed by atoms with Gasteiger partial charge in [0.05, 0.1) is 10.6 Å². The van der Waals surface area contributed by atoms with E-state index in [2.05, 4.69) is 15.9 Å². The predicted octanol–water partition coefficient (Wildman–Crippen LogP) is 3.80. The number of carbonyl (C=O) groups excluding carboxylic acids is 1. The number of rotatable bonds is 5. The van der Waals surface area contributed by atoms with Crippen molar-refractivity contribution in [2.75, 3.05) is 6.61 Å². The van der Waals surface area contributed by atoms with Crippen molar-refractivity contribution in [3.05, 3.63) is 63.1 Å². The molecule has 2 aromatic rings. The Labute approximate surface area is 134 Å². The molecule has 0 unspecified atom stereocenters. The van der Waals surface area contributed by atoms with E-state index in [1.165, 1.54) is 6.07 Å². The number of hydrogen-bond donors (Lipinski definition) is 1. The maximum absolute atomic E-state index is 12.6. The number of hydrogen-bond acceptors (Lipinski definition) is 3. The van der Waals surface area contributed by atoms with Gasteiger partial charge in [-0.3, -0.25) is 4.79 Å². The number of aliphatic carboxylic acids is 1. The standard InChI is InChI=1S/C15H10BrClO4/c16-9-5-6-13(21-8-14(18)19)11(7-9)15(20)10-3-1-2-4-12(10)17/h1-7H,8H2,(H,18,19). The van der Waals surface area contributed by atoms with Crippen molar-refractivity contribution in [2.24, 2.45) is 0 Å². The van der Waals surface area contributed by atoms with E-state index < -0.39 is 12.6 Å². The fourth-order valence-corrected chi connectivity index (χ4v) is 2.32. The van der Waals surface area contributed by atoms with Gasteiger partial charge in [-0.15, -0.1) is 0 Å². The molecule has 0 atom stereocenters. The lowest BCUT2D eigenvalue weighted by atomic mass is 10.0. The fourth-order valence-electron chi connectivity index (χ4n) is 1.74. The maximum atomic E-state index is 12.6. The van der Waals surface area contributed by atoms with Gasteiger partial charge in [-0.05, 0) is 30.3 Å². The molecule has 0 heterocycles. The quantitative estimate of drug-likeness (QED) is 0.814. The topological polar surface area (TPSA) is 63.6 Å². The van der Waals surface area contributed by atoms with E-state index in [-0.39, 0.29) is 17.1 Å². The highest BCUT2D eigenvalue weighted by Crippen LogP contribution is 2.28. The normalized spacial score (nSPS) is 10.2. The highest BCUT2D eigenvalue weighted by Gasteiger charge is 2.18. The molecule has 6 heteroatoms. The minimum Gasteiger partial charge on any atom is -0.481 e. The van der Waals surface area contributed by atoms with Crippen LogP contribution in [0.4, 0.5) is 0 Å². The summed E-state index contributed by atoms with van der Waals surface area (Å²) in [7, 11) is 0. The Hall–Kier alpha value is -1.85. The van der Waals surface area contributed by atoms with Gasteiger partial charge in [0.2, 0.25) is 0 Å². The van der Waals surface area contributed by atoms with Crippen LogP contribution in [0.15, 0.2) is 46.9 Å². The van der Waals surface area contributed by atoms with Gasteiger partial charge in [-0.2, -0.15) is 0 Å². The van der Waals surface area contributed by atoms with Gasteiger partial charge >= 0.3 is 5.97 Å². The zero-order valence-electron chi connectivity index (χ0n) is 10.7. The molecule has 0 aliphatic carbocycles. The molecule has 0 spiro atoms. The third-order valence-corrected chi connectivity index (χ3v) is 3.48. The lowest BCUT2D eigenvalue weighted by Crippen LogP contribution is -2.12. The van der Waals surface area contributed by atoms with Crippen molar-refractivity contribution >= 4 is 39.3 Å². The van der Waals surface area contributed by atoms with E-state index in [0.717, 1.165) is 0 Å². The van der Waals surface area contributed by atoms with Gasteiger partial charge in [0.25, 0.3) is 0 Å². The highest BCUT2D eigenvalue weighted by molar-refractivity contribution is 9.10. The molecule has 0 aliphatic rings. The smallest absolute Gasteiger partial charge is 0.341 e. The summed E-state index contributed by atoms with van der Waals surface area (Å²) < 4.78 is 5.83. The second-order valence-corrected chi connectivity index (χ2v) is 5.45. The summed E-state index contributed by atoms with van der Waals surface area (Å²) in [5, 5.41) is 9.01. The van der Waals surface area contributed by atoms with E-state index in [0.29, 0.717) is 15.1 Å². The van der Waals surface area contributed by atoms with Crippen LogP contribution in [0.2, 0.25) is 5.02 Å². The van der Waals surface area contributed by atoms with Crippen LogP contribution in [0.3, 0.4) is 0 Å². The number of ether oxygens (including phenoxy) is 1. The number of benzene rings is 2. The molecule has 0 aromatic heterocycles. The molecule has 0 bridgehead atoms. The van der Waals surface area contributed by atoms with Gasteiger partial charge in [0, 0.05) is 10.0 Å². The Morgan fingerprint density at radius 2 is 1.86 bits per heavy atom. The summed E-state index contributed by atoms with van der Waals surface area (Å²) in [5.74, 6) is -1.25. The van der Waals surface area contributed by atoms with Crippen LogP contribution in [-0.4, -0.2) is 23.5 Å². The van der Waals surface area contributed by atoms with Crippen LogP contribution in [0.5, 0.6) is 5.75 Å². The minimum atomic E-state index is -1.12. The molecule has 0 aliphatic heterocycles. The summed E-state index contributed by atoms with van der Waals surface area (Å²) in [6, 6.07) is 11.4. The van der Waals surface area contributed by atoms with Crippen LogP contribution in [0, 0.1) is 0 Å². The van der Waals surface area contributed by atoms with E-state index in [1.807, 2.05) is 0 Å². The van der Waals surface area contributed by atoms with Crippen molar-refractivity contribution in [3.8, 4) is 5.75 Å². The summed E-state index contributed by atoms with van der Waals surface area (Å²) in [4.78, 5) is 23.2. The summed E-state index contributed by atoms with van der Waals surface area (Å²) in [6.45, 7) is -0.523. The Morgan fingerprint density at radius 1 is 1.14 bits per heavy atom. The van der Waals surface area contributed by atoms with Crippen molar-refractivity contribution in [2.45, 2.75) is 0 Å². The van der Waals surface area contributed by atoms with E-state index in [9.17, 15) is 9.59 Å². The van der Waals surface area contributed by atoms with Gasteiger partial charge < -0.3 is 9.84 Å². The minimum absolute atomic E-state index is 0.200. The molecule has 0 amide bonds. The Morgan fingerprint density at radius 3 is 2.52 bits per heavy atom. The summed E-state index contributed by atoms with van der Waals surface area (Å²) in [5.41, 5.74) is 0.580. The number of halogens is 2. The van der Waals surface area contributed by atoms with Gasteiger partial charge in [0.15, 0.2) is 12.4 Å². The molecule has 21 heavy (non-hydrogen) atoms. The SMILES string of the molecule is O=C(O)COc1ccc(Br)cc1C(=O)c1ccccc1Cl. The maximum Gasteiger partial charge on any atom is 0.341 e. The average molecular weight is 370 g/mol. The zero-order valence-corrected chi connectivity index (χ0v) is 13.0. The number of carboxylic acids is 1. The molecular formula is C15H10BrClO4. The molecule has 1 N–H and O–H groups in total. The van der Waals surface area contributed by atoms with Crippen LogP contribution < -0.4 is 4.74 Å². The molecule has 0 fully saturated rings. The monoisotopic (exact) mass is 368 g/mol. The first-order valence-corrected chi connectivity index (χ1v) is 7.09. The first kappa shape index (κ1) is 15.5. The third kappa shape index (κ3) is 3.83. The Bertz CT molecular complexity index is 700. The summed E-state index contributed by atoms with van der Waals surface area (Å²) in [6.07, 6.45) is 0. The lowest BCUT2D eigenvalue weighted by molar-refractivity contribution is -0.139. The average Bonchev–Trinajstić information content (AvgIpc) is 2.45. The van der Waals surface area contributed by atoms with E-state index in [4.69, 9.17) is 21.4 Å². The van der Waals surface area contributed by atoms with E-state index in [1.54, 1.807) is 36.4 Å². The molecule has 2 aromatic carbocycles. The van der Waals surface area contributed by atoms with Gasteiger partial charge in [-0.1, -0.05) is 39.7 Å². The van der Waals surface area contributed by atoms with Gasteiger partial charge in [0.1, 0.15) is 5.75 Å². The largest absolute Gasteiger partial charge is 0.481 e. The molecule has 4 nitrogen and oxygen atoms in total. The van der Waals surface area contributed by atoms with Crippen molar-refractivity contribution in [1.29, 1.82) is 0 Å². The van der Waals surface area contributed by atoms with Gasteiger partial charge in [-0.25, -0.2) is 4.79 Å². The highest BCUT2D eigenvalue weighted by atomic mass is 79.9.